The Bertz CT molecular complexity index is 756. The van der Waals surface area contributed by atoms with Crippen LogP contribution in [0.5, 0.6) is 0 Å². The minimum Gasteiger partial charge on any atom is -0.368 e. The van der Waals surface area contributed by atoms with Crippen LogP contribution in [-0.4, -0.2) is 58.0 Å². The molecular formula is C18H24N6O. The Morgan fingerprint density at radius 1 is 1.12 bits per heavy atom. The van der Waals surface area contributed by atoms with E-state index >= 15 is 0 Å². The number of carbonyl (C=O) groups excluding carboxylic acids is 1. The number of carbonyl (C=O) groups is 1. The van der Waals surface area contributed by atoms with Crippen molar-refractivity contribution in [3.05, 3.63) is 35.8 Å². The van der Waals surface area contributed by atoms with Gasteiger partial charge >= 0.3 is 0 Å². The number of rotatable bonds is 4. The highest BCUT2D eigenvalue weighted by atomic mass is 16.1. The minimum atomic E-state index is -0.275. The summed E-state index contributed by atoms with van der Waals surface area (Å²) in [7, 11) is 0. The molecule has 25 heavy (non-hydrogen) atoms. The maximum atomic E-state index is 11.4. The first-order chi connectivity index (χ1) is 12.0. The molecule has 1 aliphatic rings. The fourth-order valence-corrected chi connectivity index (χ4v) is 3.05. The van der Waals surface area contributed by atoms with E-state index in [1.165, 1.54) is 0 Å². The maximum absolute atomic E-state index is 11.4. The smallest absolute Gasteiger partial charge is 0.234 e. The molecule has 1 aliphatic heterocycles. The van der Waals surface area contributed by atoms with E-state index in [2.05, 4.69) is 26.7 Å². The molecule has 0 spiro atoms. The van der Waals surface area contributed by atoms with Crippen molar-refractivity contribution >= 4 is 11.7 Å². The van der Waals surface area contributed by atoms with Gasteiger partial charge in [-0.2, -0.15) is 0 Å². The van der Waals surface area contributed by atoms with Gasteiger partial charge in [0.1, 0.15) is 5.82 Å². The fourth-order valence-electron chi connectivity index (χ4n) is 3.05. The number of aryl methyl sites for hydroxylation is 1. The third kappa shape index (κ3) is 3.61. The Morgan fingerprint density at radius 3 is 2.36 bits per heavy atom. The Morgan fingerprint density at radius 2 is 1.76 bits per heavy atom. The quantitative estimate of drug-likeness (QED) is 0.898. The molecule has 0 radical (unpaired) electrons. The summed E-state index contributed by atoms with van der Waals surface area (Å²) in [5.74, 6) is 1.40. The molecule has 2 N–H and O–H groups in total. The van der Waals surface area contributed by atoms with E-state index in [4.69, 9.17) is 10.7 Å². The number of nitrogens with two attached hydrogens (primary N) is 1. The molecule has 132 valence electrons. The van der Waals surface area contributed by atoms with Gasteiger partial charge in [0.2, 0.25) is 5.91 Å². The summed E-state index contributed by atoms with van der Waals surface area (Å²) in [5.41, 5.74) is 8.45. The predicted molar refractivity (Wildman–Crippen MR) is 97.2 cm³/mol. The van der Waals surface area contributed by atoms with Crippen molar-refractivity contribution in [3.8, 4) is 11.4 Å². The third-order valence-corrected chi connectivity index (χ3v) is 4.88. The number of pyridine rings is 1. The highest BCUT2D eigenvalue weighted by Crippen LogP contribution is 2.25. The van der Waals surface area contributed by atoms with Crippen LogP contribution >= 0.6 is 0 Å². The summed E-state index contributed by atoms with van der Waals surface area (Å²) in [4.78, 5) is 29.3. The standard InChI is InChI=1S/C18H24N6O/c1-12-13(2)21-17(15-4-6-20-7-5-15)22-18(12)24-10-8-23(9-11-24)14(3)16(19)25/h4-7,14H,8-11H2,1-3H3,(H2,19,25). The second-order valence-corrected chi connectivity index (χ2v) is 6.42. The van der Waals surface area contributed by atoms with Gasteiger partial charge in [-0.1, -0.05) is 0 Å². The number of hydrogen-bond donors (Lipinski definition) is 1. The van der Waals surface area contributed by atoms with Crippen LogP contribution in [0.25, 0.3) is 11.4 Å². The molecule has 2 aromatic rings. The molecule has 1 atom stereocenters. The van der Waals surface area contributed by atoms with E-state index < -0.39 is 0 Å². The molecule has 0 saturated carbocycles. The molecule has 1 saturated heterocycles. The lowest BCUT2D eigenvalue weighted by molar-refractivity contribution is -0.122. The largest absolute Gasteiger partial charge is 0.368 e. The molecule has 7 heteroatoms. The van der Waals surface area contributed by atoms with E-state index in [1.807, 2.05) is 26.0 Å². The zero-order valence-corrected chi connectivity index (χ0v) is 14.9. The van der Waals surface area contributed by atoms with Gasteiger partial charge in [0.05, 0.1) is 6.04 Å². The van der Waals surface area contributed by atoms with Gasteiger partial charge in [-0.3, -0.25) is 14.7 Å². The molecule has 1 unspecified atom stereocenters. The van der Waals surface area contributed by atoms with Crippen molar-refractivity contribution in [1.29, 1.82) is 0 Å². The lowest BCUT2D eigenvalue weighted by Crippen LogP contribution is -2.53. The van der Waals surface area contributed by atoms with Crippen LogP contribution in [0.1, 0.15) is 18.2 Å². The summed E-state index contributed by atoms with van der Waals surface area (Å²) in [6, 6.07) is 3.60. The molecular weight excluding hydrogens is 316 g/mol. The second-order valence-electron chi connectivity index (χ2n) is 6.42. The van der Waals surface area contributed by atoms with Crippen molar-refractivity contribution in [3.63, 3.8) is 0 Å². The molecule has 3 heterocycles. The third-order valence-electron chi connectivity index (χ3n) is 4.88. The lowest BCUT2D eigenvalue weighted by Gasteiger charge is -2.38. The van der Waals surface area contributed by atoms with E-state index in [0.29, 0.717) is 5.82 Å². The zero-order valence-electron chi connectivity index (χ0n) is 14.9. The van der Waals surface area contributed by atoms with Gasteiger partial charge in [0.25, 0.3) is 0 Å². The number of piperazine rings is 1. The zero-order chi connectivity index (χ0) is 18.0. The van der Waals surface area contributed by atoms with Crippen molar-refractivity contribution in [2.75, 3.05) is 31.1 Å². The number of nitrogens with zero attached hydrogens (tertiary/aromatic N) is 5. The van der Waals surface area contributed by atoms with Gasteiger partial charge in [0.15, 0.2) is 5.82 Å². The van der Waals surface area contributed by atoms with Crippen LogP contribution < -0.4 is 10.6 Å². The molecule has 1 fully saturated rings. The van der Waals surface area contributed by atoms with Crippen molar-refractivity contribution in [1.82, 2.24) is 19.9 Å². The molecule has 3 rings (SSSR count). The Kier molecular flexibility index (Phi) is 4.94. The normalized spacial score (nSPS) is 16.7. The number of hydrogen-bond acceptors (Lipinski definition) is 6. The maximum Gasteiger partial charge on any atom is 0.234 e. The van der Waals surface area contributed by atoms with E-state index in [0.717, 1.165) is 48.8 Å². The van der Waals surface area contributed by atoms with Gasteiger partial charge in [-0.25, -0.2) is 9.97 Å². The first kappa shape index (κ1) is 17.3. The van der Waals surface area contributed by atoms with Crippen LogP contribution in [0.15, 0.2) is 24.5 Å². The number of primary amides is 1. The van der Waals surface area contributed by atoms with Gasteiger partial charge in [0, 0.05) is 55.4 Å². The van der Waals surface area contributed by atoms with Crippen molar-refractivity contribution in [2.24, 2.45) is 5.73 Å². The highest BCUT2D eigenvalue weighted by molar-refractivity contribution is 5.79. The number of amides is 1. The average Bonchev–Trinajstić information content (AvgIpc) is 2.64. The van der Waals surface area contributed by atoms with E-state index in [-0.39, 0.29) is 11.9 Å². The summed E-state index contributed by atoms with van der Waals surface area (Å²) >= 11 is 0. The Hall–Kier alpha value is -2.54. The molecule has 0 aliphatic carbocycles. The Labute approximate surface area is 147 Å². The topological polar surface area (TPSA) is 88.2 Å². The highest BCUT2D eigenvalue weighted by Gasteiger charge is 2.26. The predicted octanol–water partition coefficient (Wildman–Crippen LogP) is 1.15. The summed E-state index contributed by atoms with van der Waals surface area (Å²) in [6.45, 7) is 9.12. The molecule has 7 nitrogen and oxygen atoms in total. The van der Waals surface area contributed by atoms with Gasteiger partial charge in [-0.05, 0) is 32.9 Å². The van der Waals surface area contributed by atoms with Crippen LogP contribution in [0, 0.1) is 13.8 Å². The van der Waals surface area contributed by atoms with Crippen molar-refractivity contribution < 1.29 is 4.79 Å². The lowest BCUT2D eigenvalue weighted by atomic mass is 10.1. The second kappa shape index (κ2) is 7.14. The van der Waals surface area contributed by atoms with Crippen LogP contribution in [0.4, 0.5) is 5.82 Å². The van der Waals surface area contributed by atoms with Gasteiger partial charge < -0.3 is 10.6 Å². The molecule has 0 aromatic carbocycles. The number of aromatic nitrogens is 3. The van der Waals surface area contributed by atoms with Crippen molar-refractivity contribution in [2.45, 2.75) is 26.8 Å². The van der Waals surface area contributed by atoms with Crippen LogP contribution in [0.3, 0.4) is 0 Å². The molecule has 1 amide bonds. The van der Waals surface area contributed by atoms with Gasteiger partial charge in [-0.15, -0.1) is 0 Å². The van der Waals surface area contributed by atoms with E-state index in [1.54, 1.807) is 12.4 Å². The summed E-state index contributed by atoms with van der Waals surface area (Å²) in [5, 5.41) is 0. The summed E-state index contributed by atoms with van der Waals surface area (Å²) in [6.07, 6.45) is 3.50. The molecule has 0 bridgehead atoms. The number of anilines is 1. The van der Waals surface area contributed by atoms with Crippen LogP contribution in [0.2, 0.25) is 0 Å². The first-order valence-electron chi connectivity index (χ1n) is 8.51. The fraction of sp³-hybridized carbons (Fsp3) is 0.444. The monoisotopic (exact) mass is 340 g/mol. The molecule has 2 aromatic heterocycles. The summed E-state index contributed by atoms with van der Waals surface area (Å²) < 4.78 is 0. The Balaban J connectivity index is 1.83. The first-order valence-corrected chi connectivity index (χ1v) is 8.51. The van der Waals surface area contributed by atoms with Crippen LogP contribution in [-0.2, 0) is 4.79 Å². The van der Waals surface area contributed by atoms with E-state index in [9.17, 15) is 4.79 Å². The average molecular weight is 340 g/mol. The SMILES string of the molecule is Cc1nc(-c2ccncc2)nc(N2CCN(C(C)C(N)=O)CC2)c1C. The minimum absolute atomic E-state index is 0.234.